The third-order valence-corrected chi connectivity index (χ3v) is 3.73. The molecule has 0 aromatic heterocycles. The first kappa shape index (κ1) is 15.4. The van der Waals surface area contributed by atoms with Crippen LogP contribution in [0.2, 0.25) is 0 Å². The number of carbonyl (C=O) groups excluding carboxylic acids is 1. The van der Waals surface area contributed by atoms with E-state index in [9.17, 15) is 4.79 Å². The minimum Gasteiger partial charge on any atom is -0.395 e. The van der Waals surface area contributed by atoms with Crippen LogP contribution in [-0.2, 0) is 4.79 Å². The number of piperidine rings is 1. The second-order valence-electron chi connectivity index (χ2n) is 5.14. The van der Waals surface area contributed by atoms with Gasteiger partial charge in [-0.1, -0.05) is 13.8 Å². The fourth-order valence-electron chi connectivity index (χ4n) is 2.76. The highest BCUT2D eigenvalue weighted by Gasteiger charge is 2.26. The molecule has 1 amide bonds. The fraction of sp³-hybridized carbons (Fsp3) is 0.929. The van der Waals surface area contributed by atoms with Gasteiger partial charge >= 0.3 is 0 Å². The molecule has 1 heterocycles. The van der Waals surface area contributed by atoms with E-state index in [1.165, 1.54) is 6.42 Å². The number of nitrogens with zero attached hydrogens (tertiary/aromatic N) is 2. The van der Waals surface area contributed by atoms with E-state index < -0.39 is 0 Å². The Labute approximate surface area is 111 Å². The van der Waals surface area contributed by atoms with Crippen LogP contribution in [0.3, 0.4) is 0 Å². The lowest BCUT2D eigenvalue weighted by Crippen LogP contribution is -2.48. The van der Waals surface area contributed by atoms with Gasteiger partial charge in [-0.15, -0.1) is 0 Å². The van der Waals surface area contributed by atoms with E-state index in [0.717, 1.165) is 38.8 Å². The molecule has 0 aliphatic carbocycles. The van der Waals surface area contributed by atoms with E-state index in [2.05, 4.69) is 23.6 Å². The molecule has 18 heavy (non-hydrogen) atoms. The van der Waals surface area contributed by atoms with Crippen molar-refractivity contribution in [2.24, 2.45) is 0 Å². The van der Waals surface area contributed by atoms with Crippen LogP contribution in [0.15, 0.2) is 0 Å². The monoisotopic (exact) mass is 256 g/mol. The van der Waals surface area contributed by atoms with Gasteiger partial charge in [0.25, 0.3) is 0 Å². The fourth-order valence-corrected chi connectivity index (χ4v) is 2.76. The summed E-state index contributed by atoms with van der Waals surface area (Å²) >= 11 is 0. The summed E-state index contributed by atoms with van der Waals surface area (Å²) < 4.78 is 0. The van der Waals surface area contributed by atoms with Gasteiger partial charge in [-0.25, -0.2) is 0 Å². The molecule has 0 unspecified atom stereocenters. The lowest BCUT2D eigenvalue weighted by molar-refractivity contribution is -0.136. The van der Waals surface area contributed by atoms with Crippen LogP contribution in [0.25, 0.3) is 0 Å². The Morgan fingerprint density at radius 1 is 1.33 bits per heavy atom. The molecule has 1 saturated heterocycles. The van der Waals surface area contributed by atoms with Gasteiger partial charge in [-0.05, 0) is 38.6 Å². The van der Waals surface area contributed by atoms with Crippen LogP contribution >= 0.6 is 0 Å². The Balaban J connectivity index is 2.50. The highest BCUT2D eigenvalue weighted by Crippen LogP contribution is 2.19. The van der Waals surface area contributed by atoms with Crippen molar-refractivity contribution in [3.63, 3.8) is 0 Å². The number of hydrogen-bond acceptors (Lipinski definition) is 3. The van der Waals surface area contributed by atoms with E-state index in [-0.39, 0.29) is 12.5 Å². The molecule has 0 bridgehead atoms. The van der Waals surface area contributed by atoms with Crippen molar-refractivity contribution in [3.8, 4) is 0 Å². The molecule has 0 aromatic rings. The van der Waals surface area contributed by atoms with Crippen molar-refractivity contribution in [1.82, 2.24) is 9.80 Å². The standard InChI is InChI=1S/C14H28N2O2/c1-3-8-15(10-11-17)12-14(18)16-9-6-5-7-13(16)4-2/h13,17H,3-12H2,1-2H3/t13-/m0/s1. The van der Waals surface area contributed by atoms with E-state index in [1.807, 2.05) is 0 Å². The second kappa shape index (κ2) is 8.48. The highest BCUT2D eigenvalue weighted by molar-refractivity contribution is 5.78. The number of likely N-dealkylation sites (tertiary alicyclic amines) is 1. The maximum Gasteiger partial charge on any atom is 0.236 e. The van der Waals surface area contributed by atoms with Crippen molar-refractivity contribution < 1.29 is 9.90 Å². The zero-order chi connectivity index (χ0) is 13.4. The van der Waals surface area contributed by atoms with Crippen LogP contribution in [-0.4, -0.2) is 59.6 Å². The number of amides is 1. The topological polar surface area (TPSA) is 43.8 Å². The molecule has 0 radical (unpaired) electrons. The molecule has 4 heteroatoms. The van der Waals surface area contributed by atoms with Crippen LogP contribution in [0.5, 0.6) is 0 Å². The summed E-state index contributed by atoms with van der Waals surface area (Å²) in [6, 6.07) is 0.434. The maximum absolute atomic E-state index is 12.3. The highest BCUT2D eigenvalue weighted by atomic mass is 16.3. The zero-order valence-electron chi connectivity index (χ0n) is 11.9. The molecule has 1 N–H and O–H groups in total. The van der Waals surface area contributed by atoms with Gasteiger partial charge in [0.05, 0.1) is 13.2 Å². The maximum atomic E-state index is 12.3. The van der Waals surface area contributed by atoms with Gasteiger partial charge < -0.3 is 10.0 Å². The van der Waals surface area contributed by atoms with Crippen molar-refractivity contribution in [2.45, 2.75) is 52.0 Å². The van der Waals surface area contributed by atoms with Crippen LogP contribution in [0, 0.1) is 0 Å². The van der Waals surface area contributed by atoms with Crippen molar-refractivity contribution in [1.29, 1.82) is 0 Å². The quantitative estimate of drug-likeness (QED) is 0.750. The van der Waals surface area contributed by atoms with Crippen LogP contribution in [0.1, 0.15) is 46.0 Å². The lowest BCUT2D eigenvalue weighted by atomic mass is 10.00. The molecular weight excluding hydrogens is 228 g/mol. The Bertz CT molecular complexity index is 240. The summed E-state index contributed by atoms with van der Waals surface area (Å²) in [4.78, 5) is 16.4. The first-order valence-electron chi connectivity index (χ1n) is 7.35. The third-order valence-electron chi connectivity index (χ3n) is 3.73. The average Bonchev–Trinajstić information content (AvgIpc) is 2.39. The van der Waals surface area contributed by atoms with E-state index >= 15 is 0 Å². The molecule has 1 aliphatic heterocycles. The molecule has 1 atom stereocenters. The van der Waals surface area contributed by atoms with Crippen LogP contribution < -0.4 is 0 Å². The Morgan fingerprint density at radius 3 is 2.72 bits per heavy atom. The van der Waals surface area contributed by atoms with E-state index in [0.29, 0.717) is 19.1 Å². The smallest absolute Gasteiger partial charge is 0.236 e. The minimum absolute atomic E-state index is 0.129. The Morgan fingerprint density at radius 2 is 2.11 bits per heavy atom. The first-order chi connectivity index (χ1) is 8.72. The molecule has 0 saturated carbocycles. The third kappa shape index (κ3) is 4.58. The Kier molecular flexibility index (Phi) is 7.28. The zero-order valence-corrected chi connectivity index (χ0v) is 11.9. The number of hydrogen-bond donors (Lipinski definition) is 1. The van der Waals surface area contributed by atoms with Gasteiger partial charge in [0.1, 0.15) is 0 Å². The van der Waals surface area contributed by atoms with Gasteiger partial charge in [-0.3, -0.25) is 9.69 Å². The molecule has 1 rings (SSSR count). The van der Waals surface area contributed by atoms with E-state index in [1.54, 1.807) is 0 Å². The SMILES string of the molecule is CCCN(CCO)CC(=O)N1CCCC[C@@H]1CC. The van der Waals surface area contributed by atoms with Gasteiger partial charge in [0.2, 0.25) is 5.91 Å². The van der Waals surface area contributed by atoms with E-state index in [4.69, 9.17) is 5.11 Å². The molecule has 106 valence electrons. The van der Waals surface area contributed by atoms with Gasteiger partial charge in [0, 0.05) is 19.1 Å². The number of rotatable bonds is 7. The average molecular weight is 256 g/mol. The summed E-state index contributed by atoms with van der Waals surface area (Å²) in [5, 5.41) is 9.02. The molecule has 1 fully saturated rings. The molecular formula is C14H28N2O2. The van der Waals surface area contributed by atoms with Crippen molar-refractivity contribution in [3.05, 3.63) is 0 Å². The summed E-state index contributed by atoms with van der Waals surface area (Å²) in [6.07, 6.45) is 5.60. The predicted molar refractivity (Wildman–Crippen MR) is 73.5 cm³/mol. The number of aliphatic hydroxyl groups excluding tert-OH is 1. The lowest BCUT2D eigenvalue weighted by Gasteiger charge is -2.36. The van der Waals surface area contributed by atoms with Crippen molar-refractivity contribution >= 4 is 5.91 Å². The summed E-state index contributed by atoms with van der Waals surface area (Å²) in [6.45, 7) is 7.26. The summed E-state index contributed by atoms with van der Waals surface area (Å²) in [5.41, 5.74) is 0. The first-order valence-corrected chi connectivity index (χ1v) is 7.35. The molecule has 0 aromatic carbocycles. The summed E-state index contributed by atoms with van der Waals surface area (Å²) in [7, 11) is 0. The minimum atomic E-state index is 0.129. The predicted octanol–water partition coefficient (Wildman–Crippen LogP) is 1.48. The van der Waals surface area contributed by atoms with Crippen LogP contribution in [0.4, 0.5) is 0 Å². The molecule has 0 spiro atoms. The number of carbonyl (C=O) groups is 1. The number of aliphatic hydroxyl groups is 1. The molecule has 1 aliphatic rings. The molecule has 4 nitrogen and oxygen atoms in total. The second-order valence-corrected chi connectivity index (χ2v) is 5.14. The largest absolute Gasteiger partial charge is 0.395 e. The van der Waals surface area contributed by atoms with Gasteiger partial charge in [0.15, 0.2) is 0 Å². The summed E-state index contributed by atoms with van der Waals surface area (Å²) in [5.74, 6) is 0.239. The Hall–Kier alpha value is -0.610. The normalized spacial score (nSPS) is 20.4. The van der Waals surface area contributed by atoms with Crippen molar-refractivity contribution in [2.75, 3.05) is 32.8 Å². The van der Waals surface area contributed by atoms with Gasteiger partial charge in [-0.2, -0.15) is 0 Å².